The van der Waals surface area contributed by atoms with Gasteiger partial charge < -0.3 is 24.6 Å². The Labute approximate surface area is 165 Å². The van der Waals surface area contributed by atoms with Crippen molar-refractivity contribution >= 4 is 11.8 Å². The third-order valence-electron chi connectivity index (χ3n) is 6.38. The number of ether oxygens (including phenoxy) is 2. The Balaban J connectivity index is 1.23. The number of rotatable bonds is 3. The summed E-state index contributed by atoms with van der Waals surface area (Å²) in [6.45, 7) is 4.64. The average molecular weight is 385 g/mol. The predicted octanol–water partition coefficient (Wildman–Crippen LogP) is 0.984. The first-order valence-electron chi connectivity index (χ1n) is 10.4. The highest BCUT2D eigenvalue weighted by molar-refractivity contribution is 5.83. The average Bonchev–Trinajstić information content (AvgIpc) is 3.54. The molecule has 5 rings (SSSR count). The van der Waals surface area contributed by atoms with E-state index >= 15 is 0 Å². The van der Waals surface area contributed by atoms with Crippen LogP contribution in [0.4, 0.5) is 0 Å². The molecule has 150 valence electrons. The van der Waals surface area contributed by atoms with E-state index in [0.29, 0.717) is 26.3 Å². The van der Waals surface area contributed by atoms with Gasteiger partial charge in [-0.25, -0.2) is 0 Å². The lowest BCUT2D eigenvalue weighted by Crippen LogP contribution is -2.57. The second-order valence-corrected chi connectivity index (χ2v) is 8.20. The normalized spacial score (nSPS) is 29.6. The summed E-state index contributed by atoms with van der Waals surface area (Å²) in [6, 6.07) is 6.21. The van der Waals surface area contributed by atoms with E-state index in [4.69, 9.17) is 9.47 Å². The zero-order chi connectivity index (χ0) is 19.1. The third kappa shape index (κ3) is 3.32. The number of nitrogens with one attached hydrogen (secondary N) is 1. The molecule has 3 atom stereocenters. The number of carbonyl (C=O) groups is 2. The standard InChI is InChI=1S/C21H27N3O4/c25-20-12-22-5-7-24(20)15-2-1-6-23(13-15)21(26)17-11-16(17)14-3-4-18-19(10-14)28-9-8-27-18/h3-4,10,15-17,22H,1-2,5-9,11-13H2. The number of piperazine rings is 1. The molecule has 3 fully saturated rings. The number of fused-ring (bicyclic) bond motifs is 1. The number of amides is 2. The van der Waals surface area contributed by atoms with E-state index in [2.05, 4.69) is 11.4 Å². The fourth-order valence-corrected chi connectivity index (χ4v) is 4.78. The molecule has 1 N–H and O–H groups in total. The first-order valence-corrected chi connectivity index (χ1v) is 10.4. The highest BCUT2D eigenvalue weighted by Gasteiger charge is 2.47. The van der Waals surface area contributed by atoms with Gasteiger partial charge in [-0.2, -0.15) is 0 Å². The SMILES string of the molecule is O=C(C1CC1c1ccc2c(c1)OCCO2)N1CCCC(N2CCNCC2=O)C1. The highest BCUT2D eigenvalue weighted by atomic mass is 16.6. The molecule has 1 aliphatic carbocycles. The minimum absolute atomic E-state index is 0.0556. The van der Waals surface area contributed by atoms with E-state index in [1.165, 1.54) is 0 Å². The largest absolute Gasteiger partial charge is 0.486 e. The molecule has 28 heavy (non-hydrogen) atoms. The van der Waals surface area contributed by atoms with Gasteiger partial charge in [-0.3, -0.25) is 9.59 Å². The maximum Gasteiger partial charge on any atom is 0.236 e. The van der Waals surface area contributed by atoms with E-state index in [9.17, 15) is 9.59 Å². The number of piperidine rings is 1. The van der Waals surface area contributed by atoms with Gasteiger partial charge in [-0.15, -0.1) is 0 Å². The van der Waals surface area contributed by atoms with Crippen LogP contribution in [0.25, 0.3) is 0 Å². The van der Waals surface area contributed by atoms with Gasteiger partial charge in [0.05, 0.1) is 6.54 Å². The van der Waals surface area contributed by atoms with Crippen molar-refractivity contribution in [1.29, 1.82) is 0 Å². The molecule has 0 bridgehead atoms. The summed E-state index contributed by atoms with van der Waals surface area (Å²) in [5.74, 6) is 2.30. The summed E-state index contributed by atoms with van der Waals surface area (Å²) < 4.78 is 11.3. The molecule has 0 aromatic heterocycles. The molecule has 1 saturated carbocycles. The topological polar surface area (TPSA) is 71.1 Å². The van der Waals surface area contributed by atoms with Gasteiger partial charge >= 0.3 is 0 Å². The maximum atomic E-state index is 13.1. The quantitative estimate of drug-likeness (QED) is 0.840. The van der Waals surface area contributed by atoms with Gasteiger partial charge in [0.1, 0.15) is 13.2 Å². The van der Waals surface area contributed by atoms with Crippen LogP contribution in [-0.2, 0) is 9.59 Å². The monoisotopic (exact) mass is 385 g/mol. The van der Waals surface area contributed by atoms with Crippen LogP contribution in [0.2, 0.25) is 0 Å². The molecular weight excluding hydrogens is 358 g/mol. The van der Waals surface area contributed by atoms with Crippen molar-refractivity contribution in [2.75, 3.05) is 45.9 Å². The van der Waals surface area contributed by atoms with E-state index in [0.717, 1.165) is 56.0 Å². The van der Waals surface area contributed by atoms with E-state index < -0.39 is 0 Å². The smallest absolute Gasteiger partial charge is 0.236 e. The van der Waals surface area contributed by atoms with Crippen LogP contribution in [0.1, 0.15) is 30.7 Å². The molecule has 0 spiro atoms. The van der Waals surface area contributed by atoms with Gasteiger partial charge in [0.15, 0.2) is 11.5 Å². The van der Waals surface area contributed by atoms with Crippen molar-refractivity contribution in [2.45, 2.75) is 31.2 Å². The first-order chi connectivity index (χ1) is 13.7. The number of likely N-dealkylation sites (tertiary alicyclic amines) is 1. The Kier molecular flexibility index (Phi) is 4.62. The van der Waals surface area contributed by atoms with Gasteiger partial charge in [0.25, 0.3) is 0 Å². The summed E-state index contributed by atoms with van der Waals surface area (Å²) >= 11 is 0. The molecular formula is C21H27N3O4. The van der Waals surface area contributed by atoms with Crippen molar-refractivity contribution in [3.05, 3.63) is 23.8 Å². The first kappa shape index (κ1) is 17.8. The second-order valence-electron chi connectivity index (χ2n) is 8.20. The Hall–Kier alpha value is -2.28. The van der Waals surface area contributed by atoms with Crippen molar-refractivity contribution in [2.24, 2.45) is 5.92 Å². The van der Waals surface area contributed by atoms with Crippen molar-refractivity contribution in [3.63, 3.8) is 0 Å². The lowest BCUT2D eigenvalue weighted by atomic mass is 10.0. The Morgan fingerprint density at radius 2 is 2.00 bits per heavy atom. The number of hydrogen-bond acceptors (Lipinski definition) is 5. The predicted molar refractivity (Wildman–Crippen MR) is 102 cm³/mol. The van der Waals surface area contributed by atoms with Crippen LogP contribution in [0.3, 0.4) is 0 Å². The highest BCUT2D eigenvalue weighted by Crippen LogP contribution is 2.50. The maximum absolute atomic E-state index is 13.1. The Morgan fingerprint density at radius 3 is 2.86 bits per heavy atom. The molecule has 0 radical (unpaired) electrons. The summed E-state index contributed by atoms with van der Waals surface area (Å²) in [5, 5.41) is 3.12. The molecule has 3 aliphatic heterocycles. The minimum Gasteiger partial charge on any atom is -0.486 e. The molecule has 7 nitrogen and oxygen atoms in total. The van der Waals surface area contributed by atoms with E-state index in [1.807, 2.05) is 21.9 Å². The summed E-state index contributed by atoms with van der Waals surface area (Å²) in [7, 11) is 0. The molecule has 2 amide bonds. The molecule has 4 aliphatic rings. The molecule has 1 aromatic carbocycles. The van der Waals surface area contributed by atoms with E-state index in [1.54, 1.807) is 0 Å². The Bertz CT molecular complexity index is 783. The number of hydrogen-bond donors (Lipinski definition) is 1. The van der Waals surface area contributed by atoms with Crippen LogP contribution < -0.4 is 14.8 Å². The van der Waals surface area contributed by atoms with Crippen molar-refractivity contribution in [1.82, 2.24) is 15.1 Å². The Morgan fingerprint density at radius 1 is 1.14 bits per heavy atom. The van der Waals surface area contributed by atoms with Crippen LogP contribution in [-0.4, -0.2) is 73.6 Å². The fourth-order valence-electron chi connectivity index (χ4n) is 4.78. The molecule has 7 heteroatoms. The zero-order valence-electron chi connectivity index (χ0n) is 16.1. The molecule has 1 aromatic rings. The zero-order valence-corrected chi connectivity index (χ0v) is 16.1. The van der Waals surface area contributed by atoms with Gasteiger partial charge in [-0.05, 0) is 42.9 Å². The molecule has 3 heterocycles. The number of nitrogens with zero attached hydrogens (tertiary/aromatic N) is 2. The lowest BCUT2D eigenvalue weighted by Gasteiger charge is -2.41. The van der Waals surface area contributed by atoms with Crippen LogP contribution in [0, 0.1) is 5.92 Å². The van der Waals surface area contributed by atoms with Gasteiger partial charge in [0.2, 0.25) is 11.8 Å². The second kappa shape index (κ2) is 7.28. The van der Waals surface area contributed by atoms with Crippen LogP contribution in [0.5, 0.6) is 11.5 Å². The van der Waals surface area contributed by atoms with Gasteiger partial charge in [-0.1, -0.05) is 6.07 Å². The summed E-state index contributed by atoms with van der Waals surface area (Å²) in [5.41, 5.74) is 1.16. The number of carbonyl (C=O) groups excluding carboxylic acids is 2. The fraction of sp³-hybridized carbons (Fsp3) is 0.619. The van der Waals surface area contributed by atoms with Crippen molar-refractivity contribution in [3.8, 4) is 11.5 Å². The molecule has 3 unspecified atom stereocenters. The number of benzene rings is 1. The molecule has 2 saturated heterocycles. The minimum atomic E-state index is 0.0556. The van der Waals surface area contributed by atoms with Gasteiger partial charge in [0, 0.05) is 38.1 Å². The van der Waals surface area contributed by atoms with Crippen molar-refractivity contribution < 1.29 is 19.1 Å². The summed E-state index contributed by atoms with van der Waals surface area (Å²) in [4.78, 5) is 29.3. The lowest BCUT2D eigenvalue weighted by molar-refractivity contribution is -0.141. The third-order valence-corrected chi connectivity index (χ3v) is 6.38. The summed E-state index contributed by atoms with van der Waals surface area (Å²) in [6.07, 6.45) is 2.85. The van der Waals surface area contributed by atoms with Crippen LogP contribution in [0.15, 0.2) is 18.2 Å². The van der Waals surface area contributed by atoms with Crippen LogP contribution >= 0.6 is 0 Å². The van der Waals surface area contributed by atoms with E-state index in [-0.39, 0.29) is 29.7 Å².